The third kappa shape index (κ3) is 5.63. The van der Waals surface area contributed by atoms with Crippen molar-refractivity contribution in [3.8, 4) is 0 Å². The van der Waals surface area contributed by atoms with Crippen LogP contribution in [0, 0.1) is 0 Å². The van der Waals surface area contributed by atoms with Crippen molar-refractivity contribution in [1.29, 1.82) is 0 Å². The molecule has 1 aliphatic rings. The number of halogens is 3. The zero-order chi connectivity index (χ0) is 25.8. The number of nitrogens with one attached hydrogen (secondary N) is 1. The van der Waals surface area contributed by atoms with E-state index in [9.17, 15) is 14.4 Å². The second-order valence-corrected chi connectivity index (χ2v) is 9.31. The lowest BCUT2D eigenvalue weighted by atomic mass is 10.1. The lowest BCUT2D eigenvalue weighted by Crippen LogP contribution is -2.53. The molecule has 3 N–H and O–H groups in total. The Morgan fingerprint density at radius 2 is 1.56 bits per heavy atom. The lowest BCUT2D eigenvalue weighted by molar-refractivity contribution is -0.128. The fourth-order valence-corrected chi connectivity index (χ4v) is 4.36. The first kappa shape index (κ1) is 25.9. The number of nitrogens with two attached hydrogens (primary N) is 1. The summed E-state index contributed by atoms with van der Waals surface area (Å²) in [5, 5.41) is 3.59. The Bertz CT molecular complexity index is 1300. The van der Waals surface area contributed by atoms with E-state index in [1.165, 1.54) is 46.3 Å². The maximum Gasteiger partial charge on any atom is 0.264 e. The van der Waals surface area contributed by atoms with Gasteiger partial charge in [0.2, 0.25) is 0 Å². The van der Waals surface area contributed by atoms with Crippen LogP contribution in [0.5, 0.6) is 0 Å². The second-order valence-electron chi connectivity index (χ2n) is 8.11. The number of nitrogens with zero attached hydrogens (tertiary/aromatic N) is 3. The van der Waals surface area contributed by atoms with Gasteiger partial charge in [0, 0.05) is 37.9 Å². The SMILES string of the molecule is NCc1cccc(CNC(=O)C2N(C(=O)c3ccc(Cl)nc3)CCN2C(=O)c2ccc(Cl)c(Cl)c2)c1. The number of rotatable bonds is 6. The average Bonchev–Trinajstić information content (AvgIpc) is 3.34. The minimum Gasteiger partial charge on any atom is -0.349 e. The minimum absolute atomic E-state index is 0.145. The third-order valence-corrected chi connectivity index (χ3v) is 6.73. The van der Waals surface area contributed by atoms with E-state index in [0.717, 1.165) is 11.1 Å². The predicted molar refractivity (Wildman–Crippen MR) is 138 cm³/mol. The van der Waals surface area contributed by atoms with Crippen molar-refractivity contribution >= 4 is 52.5 Å². The van der Waals surface area contributed by atoms with Crippen LogP contribution >= 0.6 is 34.8 Å². The third-order valence-electron chi connectivity index (χ3n) is 5.76. The molecule has 0 spiro atoms. The Morgan fingerprint density at radius 3 is 2.19 bits per heavy atom. The van der Waals surface area contributed by atoms with Gasteiger partial charge in [0.15, 0.2) is 6.17 Å². The fourth-order valence-electron chi connectivity index (χ4n) is 3.95. The number of hydrogen-bond donors (Lipinski definition) is 2. The number of amides is 3. The zero-order valence-electron chi connectivity index (χ0n) is 19.0. The Balaban J connectivity index is 1.61. The summed E-state index contributed by atoms with van der Waals surface area (Å²) >= 11 is 17.9. The topological polar surface area (TPSA) is 109 Å². The number of hydrogen-bond acceptors (Lipinski definition) is 5. The molecule has 4 rings (SSSR count). The average molecular weight is 547 g/mol. The summed E-state index contributed by atoms with van der Waals surface area (Å²) in [5.74, 6) is -1.41. The molecule has 0 aliphatic carbocycles. The first-order valence-electron chi connectivity index (χ1n) is 11.0. The standard InChI is InChI=1S/C25H22Cl3N5O3/c26-19-6-4-17(11-20(19)27)24(35)32-8-9-33(25(36)18-5-7-21(28)30-14-18)23(32)22(34)31-13-16-3-1-2-15(10-16)12-29/h1-7,10-11,14,23H,8-9,12-13,29H2,(H,31,34). The quantitative estimate of drug-likeness (QED) is 0.458. The Hall–Kier alpha value is -3.17. The van der Waals surface area contributed by atoms with Gasteiger partial charge < -0.3 is 20.9 Å². The molecule has 1 saturated heterocycles. The summed E-state index contributed by atoms with van der Waals surface area (Å²) in [7, 11) is 0. The number of pyridine rings is 1. The highest BCUT2D eigenvalue weighted by atomic mass is 35.5. The van der Waals surface area contributed by atoms with Gasteiger partial charge in [-0.15, -0.1) is 0 Å². The van der Waals surface area contributed by atoms with Crippen molar-refractivity contribution in [2.45, 2.75) is 19.3 Å². The van der Waals surface area contributed by atoms with Crippen LogP contribution in [0.15, 0.2) is 60.8 Å². The van der Waals surface area contributed by atoms with Crippen LogP contribution in [0.25, 0.3) is 0 Å². The van der Waals surface area contributed by atoms with Crippen LogP contribution in [0.4, 0.5) is 0 Å². The van der Waals surface area contributed by atoms with E-state index in [-0.39, 0.29) is 40.9 Å². The molecule has 3 aromatic rings. The van der Waals surface area contributed by atoms with Gasteiger partial charge in [0.25, 0.3) is 17.7 Å². The summed E-state index contributed by atoms with van der Waals surface area (Å²) in [5.41, 5.74) is 7.97. The molecule has 0 saturated carbocycles. The van der Waals surface area contributed by atoms with Gasteiger partial charge in [-0.05, 0) is 41.5 Å². The van der Waals surface area contributed by atoms with Crippen molar-refractivity contribution in [2.24, 2.45) is 5.73 Å². The summed E-state index contributed by atoms with van der Waals surface area (Å²) < 4.78 is 0. The molecule has 8 nitrogen and oxygen atoms in total. The van der Waals surface area contributed by atoms with Crippen LogP contribution < -0.4 is 11.1 Å². The molecule has 1 unspecified atom stereocenters. The molecule has 11 heteroatoms. The first-order chi connectivity index (χ1) is 17.3. The zero-order valence-corrected chi connectivity index (χ0v) is 21.2. The second kappa shape index (κ2) is 11.3. The number of benzene rings is 2. The molecular formula is C25H22Cl3N5O3. The van der Waals surface area contributed by atoms with Crippen molar-refractivity contribution in [2.75, 3.05) is 13.1 Å². The van der Waals surface area contributed by atoms with Crippen LogP contribution in [-0.2, 0) is 17.9 Å². The molecule has 186 valence electrons. The van der Waals surface area contributed by atoms with E-state index in [2.05, 4.69) is 10.3 Å². The van der Waals surface area contributed by atoms with E-state index >= 15 is 0 Å². The van der Waals surface area contributed by atoms with Crippen molar-refractivity contribution in [1.82, 2.24) is 20.1 Å². The van der Waals surface area contributed by atoms with Gasteiger partial charge in [0.05, 0.1) is 15.6 Å². The molecule has 1 atom stereocenters. The molecular weight excluding hydrogens is 525 g/mol. The Morgan fingerprint density at radius 1 is 0.889 bits per heavy atom. The smallest absolute Gasteiger partial charge is 0.264 e. The molecule has 2 heterocycles. The fraction of sp³-hybridized carbons (Fsp3) is 0.200. The maximum absolute atomic E-state index is 13.4. The van der Waals surface area contributed by atoms with E-state index < -0.39 is 23.9 Å². The van der Waals surface area contributed by atoms with E-state index in [1.54, 1.807) is 0 Å². The van der Waals surface area contributed by atoms with Gasteiger partial charge >= 0.3 is 0 Å². The first-order valence-corrected chi connectivity index (χ1v) is 12.2. The Kier molecular flexibility index (Phi) is 8.11. The number of carbonyl (C=O) groups excluding carboxylic acids is 3. The van der Waals surface area contributed by atoms with Gasteiger partial charge in [-0.25, -0.2) is 4.98 Å². The van der Waals surface area contributed by atoms with Crippen LogP contribution in [0.3, 0.4) is 0 Å². The van der Waals surface area contributed by atoms with E-state index in [0.29, 0.717) is 11.6 Å². The van der Waals surface area contributed by atoms with Crippen LogP contribution in [-0.4, -0.2) is 51.8 Å². The van der Waals surface area contributed by atoms with Crippen molar-refractivity contribution < 1.29 is 14.4 Å². The van der Waals surface area contributed by atoms with Gasteiger partial charge in [0.1, 0.15) is 5.15 Å². The van der Waals surface area contributed by atoms with Crippen LogP contribution in [0.2, 0.25) is 15.2 Å². The summed E-state index contributed by atoms with van der Waals surface area (Å²) in [6, 6.07) is 15.0. The van der Waals surface area contributed by atoms with Gasteiger partial charge in [-0.1, -0.05) is 59.1 Å². The van der Waals surface area contributed by atoms with Crippen molar-refractivity contribution in [3.05, 3.63) is 98.2 Å². The molecule has 1 aromatic heterocycles. The monoisotopic (exact) mass is 545 g/mol. The largest absolute Gasteiger partial charge is 0.349 e. The normalized spacial score (nSPS) is 15.2. The lowest BCUT2D eigenvalue weighted by Gasteiger charge is -2.29. The highest BCUT2D eigenvalue weighted by Gasteiger charge is 2.43. The summed E-state index contributed by atoms with van der Waals surface area (Å²) in [6.45, 7) is 0.859. The molecule has 3 amide bonds. The molecule has 36 heavy (non-hydrogen) atoms. The molecule has 0 bridgehead atoms. The molecule has 1 aliphatic heterocycles. The maximum atomic E-state index is 13.4. The minimum atomic E-state index is -1.19. The van der Waals surface area contributed by atoms with E-state index in [1.807, 2.05) is 24.3 Å². The number of aromatic nitrogens is 1. The summed E-state index contributed by atoms with van der Waals surface area (Å²) in [6.07, 6.45) is 0.148. The van der Waals surface area contributed by atoms with Crippen molar-refractivity contribution in [3.63, 3.8) is 0 Å². The summed E-state index contributed by atoms with van der Waals surface area (Å²) in [4.78, 5) is 46.8. The van der Waals surface area contributed by atoms with E-state index in [4.69, 9.17) is 40.5 Å². The highest BCUT2D eigenvalue weighted by Crippen LogP contribution is 2.26. The van der Waals surface area contributed by atoms with Crippen LogP contribution in [0.1, 0.15) is 31.8 Å². The van der Waals surface area contributed by atoms with Gasteiger partial charge in [-0.3, -0.25) is 14.4 Å². The van der Waals surface area contributed by atoms with Gasteiger partial charge in [-0.2, -0.15) is 0 Å². The number of carbonyl (C=O) groups is 3. The molecule has 0 radical (unpaired) electrons. The highest BCUT2D eigenvalue weighted by molar-refractivity contribution is 6.42. The Labute approximate surface area is 222 Å². The molecule has 2 aromatic carbocycles. The molecule has 1 fully saturated rings. The predicted octanol–water partition coefficient (Wildman–Crippen LogP) is 3.74.